The number of epoxide rings is 1. The van der Waals surface area contributed by atoms with Gasteiger partial charge < -0.3 is 24.1 Å². The van der Waals surface area contributed by atoms with Gasteiger partial charge in [-0.3, -0.25) is 0 Å². The summed E-state index contributed by atoms with van der Waals surface area (Å²) in [5.74, 6) is -0.681. The van der Waals surface area contributed by atoms with Crippen LogP contribution in [0.25, 0.3) is 0 Å². The van der Waals surface area contributed by atoms with Crippen molar-refractivity contribution in [3.05, 3.63) is 35.9 Å². The number of rotatable bonds is 4. The van der Waals surface area contributed by atoms with E-state index in [4.69, 9.17) is 18.9 Å². The minimum Gasteiger partial charge on any atom is -0.387 e. The number of fused-ring (bicyclic) bond motifs is 3. The summed E-state index contributed by atoms with van der Waals surface area (Å²) < 4.78 is 23.2. The van der Waals surface area contributed by atoms with Gasteiger partial charge in [-0.25, -0.2) is 0 Å². The average molecular weight is 292 g/mol. The minimum absolute atomic E-state index is 0.237. The number of aliphatic hydroxyl groups is 1. The molecule has 0 radical (unpaired) electrons. The van der Waals surface area contributed by atoms with Crippen LogP contribution in [0.5, 0.6) is 0 Å². The molecule has 5 nitrogen and oxygen atoms in total. The van der Waals surface area contributed by atoms with Crippen molar-refractivity contribution < 1.29 is 24.1 Å². The first-order valence-electron chi connectivity index (χ1n) is 7.35. The first-order chi connectivity index (χ1) is 10.0. The Hall–Kier alpha value is -0.980. The fraction of sp³-hybridized carbons (Fsp3) is 0.625. The summed E-state index contributed by atoms with van der Waals surface area (Å²) in [6.07, 6.45) is -1.46. The van der Waals surface area contributed by atoms with E-state index in [0.29, 0.717) is 13.2 Å². The molecule has 1 aliphatic carbocycles. The van der Waals surface area contributed by atoms with Gasteiger partial charge >= 0.3 is 0 Å². The number of aliphatic hydroxyl groups excluding tert-OH is 1. The lowest BCUT2D eigenvalue weighted by Gasteiger charge is -2.21. The molecule has 1 saturated carbocycles. The molecule has 1 aromatic carbocycles. The van der Waals surface area contributed by atoms with E-state index >= 15 is 0 Å². The van der Waals surface area contributed by atoms with Gasteiger partial charge in [0, 0.05) is 0 Å². The van der Waals surface area contributed by atoms with Crippen LogP contribution >= 0.6 is 0 Å². The Labute approximate surface area is 123 Å². The van der Waals surface area contributed by atoms with Crippen LogP contribution in [0.4, 0.5) is 0 Å². The number of benzene rings is 1. The number of hydrogen-bond acceptors (Lipinski definition) is 5. The van der Waals surface area contributed by atoms with Crippen LogP contribution in [-0.2, 0) is 25.6 Å². The molecule has 5 heteroatoms. The van der Waals surface area contributed by atoms with E-state index in [0.717, 1.165) is 5.56 Å². The lowest BCUT2D eigenvalue weighted by molar-refractivity contribution is -0.163. The third-order valence-electron chi connectivity index (χ3n) is 4.47. The standard InChI is InChI=1S/C16H20O5/c1-15(2)19-12-11(17)13-16(21-13,14(12)20-15)9-18-8-10-6-4-3-5-7-10/h3-7,11-14,17H,8-9H2,1-2H3/t11-,12+,13+,14+,16+/m1/s1. The molecule has 5 atom stereocenters. The zero-order chi connectivity index (χ0) is 14.7. The molecule has 3 fully saturated rings. The highest BCUT2D eigenvalue weighted by atomic mass is 16.8. The summed E-state index contributed by atoms with van der Waals surface area (Å²) in [5, 5.41) is 10.2. The van der Waals surface area contributed by atoms with E-state index in [-0.39, 0.29) is 18.3 Å². The molecule has 1 N–H and O–H groups in total. The smallest absolute Gasteiger partial charge is 0.164 e. The summed E-state index contributed by atoms with van der Waals surface area (Å²) in [7, 11) is 0. The molecule has 2 heterocycles. The van der Waals surface area contributed by atoms with Crippen molar-refractivity contribution in [2.45, 2.75) is 56.3 Å². The van der Waals surface area contributed by atoms with Gasteiger partial charge in [0.25, 0.3) is 0 Å². The van der Waals surface area contributed by atoms with Crippen molar-refractivity contribution in [1.82, 2.24) is 0 Å². The van der Waals surface area contributed by atoms with Crippen molar-refractivity contribution in [2.75, 3.05) is 6.61 Å². The Kier molecular flexibility index (Phi) is 2.93. The van der Waals surface area contributed by atoms with E-state index < -0.39 is 17.5 Å². The van der Waals surface area contributed by atoms with Crippen LogP contribution in [0.2, 0.25) is 0 Å². The van der Waals surface area contributed by atoms with Crippen molar-refractivity contribution in [2.24, 2.45) is 0 Å². The van der Waals surface area contributed by atoms with Crippen molar-refractivity contribution >= 4 is 0 Å². The topological polar surface area (TPSA) is 60.5 Å². The van der Waals surface area contributed by atoms with E-state index in [1.807, 2.05) is 44.2 Å². The van der Waals surface area contributed by atoms with Crippen LogP contribution in [0.15, 0.2) is 30.3 Å². The van der Waals surface area contributed by atoms with Crippen molar-refractivity contribution in [3.63, 3.8) is 0 Å². The van der Waals surface area contributed by atoms with Gasteiger partial charge in [-0.2, -0.15) is 0 Å². The second-order valence-electron chi connectivity index (χ2n) is 6.48. The predicted octanol–water partition coefficient (Wildman–Crippen LogP) is 1.24. The zero-order valence-electron chi connectivity index (χ0n) is 12.2. The molecule has 0 aromatic heterocycles. The molecular weight excluding hydrogens is 272 g/mol. The van der Waals surface area contributed by atoms with E-state index in [1.54, 1.807) is 0 Å². The Morgan fingerprint density at radius 3 is 2.62 bits per heavy atom. The van der Waals surface area contributed by atoms with Gasteiger partial charge in [-0.1, -0.05) is 30.3 Å². The quantitative estimate of drug-likeness (QED) is 0.846. The molecule has 0 amide bonds. The first kappa shape index (κ1) is 13.7. The van der Waals surface area contributed by atoms with E-state index in [1.165, 1.54) is 0 Å². The van der Waals surface area contributed by atoms with Gasteiger partial charge in [-0.15, -0.1) is 0 Å². The van der Waals surface area contributed by atoms with Crippen molar-refractivity contribution in [1.29, 1.82) is 0 Å². The van der Waals surface area contributed by atoms with Crippen LogP contribution in [0.1, 0.15) is 19.4 Å². The SMILES string of the molecule is CC1(C)O[C@H]2[C@@H](O)[C@@H]3O[C@]3(COCc3ccccc3)[C@H]2O1. The summed E-state index contributed by atoms with van der Waals surface area (Å²) in [5.41, 5.74) is 0.567. The second kappa shape index (κ2) is 4.51. The van der Waals surface area contributed by atoms with Gasteiger partial charge in [0.1, 0.15) is 30.0 Å². The minimum atomic E-state index is -0.681. The lowest BCUT2D eigenvalue weighted by Crippen LogP contribution is -2.39. The van der Waals surface area contributed by atoms with Gasteiger partial charge in [0.05, 0.1) is 13.2 Å². The molecule has 4 rings (SSSR count). The largest absolute Gasteiger partial charge is 0.387 e. The maximum atomic E-state index is 10.2. The molecule has 2 aliphatic heterocycles. The van der Waals surface area contributed by atoms with Crippen LogP contribution in [0.3, 0.4) is 0 Å². The molecule has 0 unspecified atom stereocenters. The molecule has 3 aliphatic rings. The van der Waals surface area contributed by atoms with Gasteiger partial charge in [-0.05, 0) is 19.4 Å². The van der Waals surface area contributed by atoms with E-state index in [2.05, 4.69) is 0 Å². The fourth-order valence-corrected chi connectivity index (χ4v) is 3.48. The highest BCUT2D eigenvalue weighted by Gasteiger charge is 2.78. The Morgan fingerprint density at radius 1 is 1.10 bits per heavy atom. The molecule has 2 saturated heterocycles. The maximum absolute atomic E-state index is 10.2. The molecule has 114 valence electrons. The van der Waals surface area contributed by atoms with Crippen LogP contribution < -0.4 is 0 Å². The molecule has 21 heavy (non-hydrogen) atoms. The van der Waals surface area contributed by atoms with Crippen LogP contribution in [0, 0.1) is 0 Å². The fourth-order valence-electron chi connectivity index (χ4n) is 3.48. The van der Waals surface area contributed by atoms with Gasteiger partial charge in [0.15, 0.2) is 5.79 Å². The normalized spacial score (nSPS) is 42.6. The average Bonchev–Trinajstić information content (AvgIpc) is 3.03. The Morgan fingerprint density at radius 2 is 1.86 bits per heavy atom. The van der Waals surface area contributed by atoms with Gasteiger partial charge in [0.2, 0.25) is 0 Å². The monoisotopic (exact) mass is 292 g/mol. The number of hydrogen-bond donors (Lipinski definition) is 1. The van der Waals surface area contributed by atoms with E-state index in [9.17, 15) is 5.11 Å². The highest BCUT2D eigenvalue weighted by Crippen LogP contribution is 2.56. The Balaban J connectivity index is 1.42. The lowest BCUT2D eigenvalue weighted by atomic mass is 10.1. The summed E-state index contributed by atoms with van der Waals surface area (Å²) in [6, 6.07) is 9.99. The predicted molar refractivity (Wildman–Crippen MR) is 73.5 cm³/mol. The second-order valence-corrected chi connectivity index (χ2v) is 6.48. The number of ether oxygens (including phenoxy) is 4. The zero-order valence-corrected chi connectivity index (χ0v) is 12.2. The summed E-state index contributed by atoms with van der Waals surface area (Å²) >= 11 is 0. The first-order valence-corrected chi connectivity index (χ1v) is 7.35. The molecule has 0 spiro atoms. The summed E-state index contributed by atoms with van der Waals surface area (Å²) in [6.45, 7) is 4.64. The summed E-state index contributed by atoms with van der Waals surface area (Å²) in [4.78, 5) is 0. The third-order valence-corrected chi connectivity index (χ3v) is 4.47. The highest BCUT2D eigenvalue weighted by molar-refractivity contribution is 5.24. The van der Waals surface area contributed by atoms with Crippen LogP contribution in [-0.4, -0.2) is 47.5 Å². The molecular formula is C16H20O5. The molecule has 1 aromatic rings. The van der Waals surface area contributed by atoms with Crippen molar-refractivity contribution in [3.8, 4) is 0 Å². The maximum Gasteiger partial charge on any atom is 0.164 e. The molecule has 0 bridgehead atoms. The Bertz CT molecular complexity index is 531. The third kappa shape index (κ3) is 2.12.